The van der Waals surface area contributed by atoms with Gasteiger partial charge >= 0.3 is 6.18 Å². The van der Waals surface area contributed by atoms with Gasteiger partial charge in [-0.3, -0.25) is 9.67 Å². The lowest BCUT2D eigenvalue weighted by atomic mass is 10.2. The Balaban J connectivity index is 1.79. The molecule has 6 nitrogen and oxygen atoms in total. The summed E-state index contributed by atoms with van der Waals surface area (Å²) < 4.78 is 40.7. The molecular weight excluding hydrogens is 345 g/mol. The monoisotopic (exact) mass is 360 g/mol. The third-order valence-electron chi connectivity index (χ3n) is 4.07. The van der Waals surface area contributed by atoms with Crippen LogP contribution in [0.3, 0.4) is 0 Å². The summed E-state index contributed by atoms with van der Waals surface area (Å²) >= 11 is 0. The molecule has 1 aliphatic heterocycles. The van der Waals surface area contributed by atoms with E-state index in [4.69, 9.17) is 0 Å². The molecule has 0 spiro atoms. The summed E-state index contributed by atoms with van der Waals surface area (Å²) in [5.74, 6) is 1.14. The summed E-state index contributed by atoms with van der Waals surface area (Å²) in [6.07, 6.45) is -3.51. The number of rotatable bonds is 2. The van der Waals surface area contributed by atoms with E-state index >= 15 is 0 Å². The molecule has 0 aliphatic carbocycles. The Morgan fingerprint density at radius 3 is 2.58 bits per heavy atom. The Labute approximate surface area is 147 Å². The van der Waals surface area contributed by atoms with Crippen molar-refractivity contribution in [2.24, 2.45) is 4.99 Å². The van der Waals surface area contributed by atoms with E-state index in [0.717, 1.165) is 17.6 Å². The number of imidazole rings is 1. The number of alkyl halides is 3. The van der Waals surface area contributed by atoms with Gasteiger partial charge in [-0.2, -0.15) is 18.3 Å². The van der Waals surface area contributed by atoms with Gasteiger partial charge in [0.05, 0.1) is 13.1 Å². The van der Waals surface area contributed by atoms with Gasteiger partial charge in [-0.15, -0.1) is 0 Å². The van der Waals surface area contributed by atoms with Gasteiger partial charge in [-0.25, -0.2) is 9.98 Å². The first-order valence-corrected chi connectivity index (χ1v) is 7.95. The number of H-pyrrole nitrogens is 1. The Kier molecular flexibility index (Phi) is 3.78. The largest absolute Gasteiger partial charge is 0.434 e. The second kappa shape index (κ2) is 6.01. The van der Waals surface area contributed by atoms with Crippen LogP contribution in [0.2, 0.25) is 0 Å². The van der Waals surface area contributed by atoms with Crippen molar-refractivity contribution in [2.75, 3.05) is 11.4 Å². The van der Waals surface area contributed by atoms with Gasteiger partial charge < -0.3 is 4.90 Å². The molecule has 0 amide bonds. The molecule has 0 fully saturated rings. The summed E-state index contributed by atoms with van der Waals surface area (Å²) in [6.45, 7) is 2.44. The van der Waals surface area contributed by atoms with Gasteiger partial charge in [0.1, 0.15) is 11.7 Å². The molecule has 3 aromatic rings. The van der Waals surface area contributed by atoms with E-state index in [9.17, 15) is 13.2 Å². The number of halogens is 3. The van der Waals surface area contributed by atoms with Crippen molar-refractivity contribution in [1.29, 1.82) is 0 Å². The van der Waals surface area contributed by atoms with Crippen LogP contribution in [-0.4, -0.2) is 32.1 Å². The van der Waals surface area contributed by atoms with Crippen LogP contribution < -0.4 is 4.90 Å². The van der Waals surface area contributed by atoms with Crippen LogP contribution in [0, 0.1) is 6.92 Å². The highest BCUT2D eigenvalue weighted by atomic mass is 19.4. The topological polar surface area (TPSA) is 62.1 Å². The molecule has 134 valence electrons. The van der Waals surface area contributed by atoms with Crippen LogP contribution in [0.4, 0.5) is 24.7 Å². The highest BCUT2D eigenvalue weighted by Gasteiger charge is 2.36. The summed E-state index contributed by atoms with van der Waals surface area (Å²) in [4.78, 5) is 10.2. The van der Waals surface area contributed by atoms with Gasteiger partial charge in [0.2, 0.25) is 0 Å². The first-order valence-electron chi connectivity index (χ1n) is 7.95. The SMILES string of the molecule is Cc1cc(N=C2CN(c3ccccc3)Cc3nc(C(F)(F)F)cn32)n[nH]1. The maximum atomic E-state index is 13.1. The number of anilines is 1. The minimum Gasteiger partial charge on any atom is -0.357 e. The fourth-order valence-corrected chi connectivity index (χ4v) is 2.87. The zero-order valence-electron chi connectivity index (χ0n) is 13.8. The van der Waals surface area contributed by atoms with Crippen molar-refractivity contribution < 1.29 is 13.2 Å². The van der Waals surface area contributed by atoms with E-state index in [-0.39, 0.29) is 6.54 Å². The number of aryl methyl sites for hydroxylation is 1. The van der Waals surface area contributed by atoms with Crippen molar-refractivity contribution in [3.63, 3.8) is 0 Å². The molecule has 0 saturated heterocycles. The first-order chi connectivity index (χ1) is 12.4. The number of aromatic amines is 1. The summed E-state index contributed by atoms with van der Waals surface area (Å²) in [6, 6.07) is 11.2. The number of nitrogens with one attached hydrogen (secondary N) is 1. The molecule has 0 radical (unpaired) electrons. The van der Waals surface area contributed by atoms with E-state index in [1.54, 1.807) is 6.07 Å². The van der Waals surface area contributed by atoms with Crippen LogP contribution in [0.5, 0.6) is 0 Å². The molecule has 4 rings (SSSR count). The maximum absolute atomic E-state index is 13.1. The molecular formula is C17H15F3N6. The number of benzene rings is 1. The predicted molar refractivity (Wildman–Crippen MR) is 90.5 cm³/mol. The molecule has 0 bridgehead atoms. The number of aromatic nitrogens is 4. The lowest BCUT2D eigenvalue weighted by Crippen LogP contribution is -2.39. The van der Waals surface area contributed by atoms with Crippen LogP contribution in [-0.2, 0) is 12.7 Å². The van der Waals surface area contributed by atoms with Crippen LogP contribution in [0.1, 0.15) is 17.2 Å². The second-order valence-electron chi connectivity index (χ2n) is 6.04. The lowest BCUT2D eigenvalue weighted by molar-refractivity contribution is -0.141. The number of hydrogen-bond acceptors (Lipinski definition) is 4. The Hall–Kier alpha value is -3.10. The zero-order valence-corrected chi connectivity index (χ0v) is 13.8. The Bertz CT molecular complexity index is 955. The summed E-state index contributed by atoms with van der Waals surface area (Å²) in [5.41, 5.74) is 0.788. The summed E-state index contributed by atoms with van der Waals surface area (Å²) in [7, 11) is 0. The van der Waals surface area contributed by atoms with Gasteiger partial charge in [0.25, 0.3) is 0 Å². The fraction of sp³-hybridized carbons (Fsp3) is 0.235. The number of aliphatic imine (C=N–C) groups is 1. The lowest BCUT2D eigenvalue weighted by Gasteiger charge is -2.30. The molecule has 0 unspecified atom stereocenters. The van der Waals surface area contributed by atoms with E-state index in [2.05, 4.69) is 20.2 Å². The highest BCUT2D eigenvalue weighted by Crippen LogP contribution is 2.30. The maximum Gasteiger partial charge on any atom is 0.434 e. The smallest absolute Gasteiger partial charge is 0.357 e. The summed E-state index contributed by atoms with van der Waals surface area (Å²) in [5, 5.41) is 6.83. The molecule has 1 aliphatic rings. The standard InChI is InChI=1S/C17H15F3N6/c1-11-7-14(24-23-11)22-16-10-25(12-5-3-2-4-6-12)9-15-21-13(8-26(15)16)17(18,19)20/h2-8H,9-10H2,1H3,(H,23,24). The van der Waals surface area contributed by atoms with E-state index in [1.807, 2.05) is 42.2 Å². The molecule has 1 N–H and O–H groups in total. The number of hydrogen-bond donors (Lipinski definition) is 1. The van der Waals surface area contributed by atoms with Crippen LogP contribution >= 0.6 is 0 Å². The molecule has 2 aromatic heterocycles. The zero-order chi connectivity index (χ0) is 18.3. The van der Waals surface area contributed by atoms with Crippen molar-refractivity contribution in [3.8, 4) is 0 Å². The van der Waals surface area contributed by atoms with Gasteiger partial charge in [0, 0.05) is 23.6 Å². The van der Waals surface area contributed by atoms with E-state index in [0.29, 0.717) is 24.0 Å². The minimum atomic E-state index is -4.50. The van der Waals surface area contributed by atoms with Crippen molar-refractivity contribution >= 4 is 17.3 Å². The predicted octanol–water partition coefficient (Wildman–Crippen LogP) is 3.53. The van der Waals surface area contributed by atoms with E-state index in [1.165, 1.54) is 4.57 Å². The molecule has 0 atom stereocenters. The minimum absolute atomic E-state index is 0.263. The highest BCUT2D eigenvalue weighted by molar-refractivity contribution is 5.92. The Morgan fingerprint density at radius 1 is 1.15 bits per heavy atom. The molecule has 3 heterocycles. The normalized spacial score (nSPS) is 16.2. The molecule has 0 saturated carbocycles. The van der Waals surface area contributed by atoms with Crippen molar-refractivity contribution in [2.45, 2.75) is 19.6 Å². The molecule has 26 heavy (non-hydrogen) atoms. The van der Waals surface area contributed by atoms with Gasteiger partial charge in [-0.05, 0) is 19.1 Å². The number of para-hydroxylation sites is 1. The fourth-order valence-electron chi connectivity index (χ4n) is 2.87. The molecule has 9 heteroatoms. The molecule has 1 aromatic carbocycles. The number of nitrogens with zero attached hydrogens (tertiary/aromatic N) is 5. The van der Waals surface area contributed by atoms with Crippen LogP contribution in [0.25, 0.3) is 0 Å². The van der Waals surface area contributed by atoms with Gasteiger partial charge in [-0.1, -0.05) is 18.2 Å². The van der Waals surface area contributed by atoms with Gasteiger partial charge in [0.15, 0.2) is 11.5 Å². The average molecular weight is 360 g/mol. The quantitative estimate of drug-likeness (QED) is 0.760. The second-order valence-corrected chi connectivity index (χ2v) is 6.04. The van der Waals surface area contributed by atoms with Crippen LogP contribution in [0.15, 0.2) is 47.6 Å². The van der Waals surface area contributed by atoms with E-state index < -0.39 is 11.9 Å². The first kappa shape index (κ1) is 16.4. The third-order valence-corrected chi connectivity index (χ3v) is 4.07. The Morgan fingerprint density at radius 2 is 1.92 bits per heavy atom. The van der Waals surface area contributed by atoms with Crippen molar-refractivity contribution in [3.05, 3.63) is 59.8 Å². The number of fused-ring (bicyclic) bond motifs is 1. The van der Waals surface area contributed by atoms with Crippen molar-refractivity contribution in [1.82, 2.24) is 19.7 Å². The third kappa shape index (κ3) is 3.07. The average Bonchev–Trinajstić information content (AvgIpc) is 3.21.